The number of rotatable bonds is 1. The minimum absolute atomic E-state index is 0.729. The lowest BCUT2D eigenvalue weighted by atomic mass is 10.1. The first-order valence-corrected chi connectivity index (χ1v) is 5.38. The second-order valence-corrected chi connectivity index (χ2v) is 3.91. The molecule has 0 aliphatic rings. The van der Waals surface area contributed by atoms with E-state index in [0.717, 1.165) is 21.4 Å². The van der Waals surface area contributed by atoms with Crippen LogP contribution >= 0.6 is 12.2 Å². The molecule has 0 radical (unpaired) electrons. The molecule has 0 amide bonds. The van der Waals surface area contributed by atoms with Crippen molar-refractivity contribution in [2.45, 2.75) is 0 Å². The van der Waals surface area contributed by atoms with Gasteiger partial charge in [0.2, 0.25) is 0 Å². The van der Waals surface area contributed by atoms with Gasteiger partial charge in [-0.05, 0) is 11.6 Å². The summed E-state index contributed by atoms with van der Waals surface area (Å²) >= 11 is 5.21. The second-order valence-electron chi connectivity index (χ2n) is 3.50. The second kappa shape index (κ2) is 3.57. The zero-order valence-electron chi connectivity index (χ0n) is 8.42. The first-order valence-electron chi connectivity index (χ1n) is 4.97. The van der Waals surface area contributed by atoms with E-state index in [0.29, 0.717) is 0 Å². The van der Waals surface area contributed by atoms with E-state index in [9.17, 15) is 0 Å². The summed E-state index contributed by atoms with van der Waals surface area (Å²) in [6.07, 6.45) is 3.66. The van der Waals surface area contributed by atoms with Crippen LogP contribution in [0.2, 0.25) is 0 Å². The van der Waals surface area contributed by atoms with Crippen molar-refractivity contribution in [3.8, 4) is 11.1 Å². The molecule has 1 N–H and O–H groups in total. The highest BCUT2D eigenvalue weighted by atomic mass is 32.1. The van der Waals surface area contributed by atoms with Crippen LogP contribution in [0.25, 0.3) is 16.8 Å². The molecule has 0 saturated carbocycles. The van der Waals surface area contributed by atoms with E-state index in [1.807, 2.05) is 24.4 Å². The van der Waals surface area contributed by atoms with E-state index >= 15 is 0 Å². The first-order chi connectivity index (χ1) is 7.86. The summed E-state index contributed by atoms with van der Waals surface area (Å²) in [5.41, 5.74) is 3.06. The average molecular weight is 227 g/mol. The Kier molecular flexibility index (Phi) is 2.08. The van der Waals surface area contributed by atoms with Crippen molar-refractivity contribution in [1.29, 1.82) is 0 Å². The van der Waals surface area contributed by atoms with Gasteiger partial charge in [-0.3, -0.25) is 5.10 Å². The molecule has 0 fully saturated rings. The highest BCUT2D eigenvalue weighted by molar-refractivity contribution is 7.71. The SMILES string of the molecule is S=c1ccnc2c(-c3ccccc3)c[nH]n12. The maximum atomic E-state index is 5.21. The van der Waals surface area contributed by atoms with Gasteiger partial charge in [0.1, 0.15) is 4.64 Å². The van der Waals surface area contributed by atoms with Crippen LogP contribution in [0, 0.1) is 4.64 Å². The van der Waals surface area contributed by atoms with Crippen molar-refractivity contribution in [3.05, 3.63) is 53.4 Å². The number of H-pyrrole nitrogens is 1. The Morgan fingerprint density at radius 3 is 2.75 bits per heavy atom. The first kappa shape index (κ1) is 9.30. The van der Waals surface area contributed by atoms with E-state index < -0.39 is 0 Å². The molecule has 0 spiro atoms. The maximum Gasteiger partial charge on any atom is 0.162 e. The summed E-state index contributed by atoms with van der Waals surface area (Å²) in [7, 11) is 0. The molecule has 0 saturated heterocycles. The van der Waals surface area contributed by atoms with Crippen molar-refractivity contribution in [2.24, 2.45) is 0 Å². The normalized spacial score (nSPS) is 10.8. The van der Waals surface area contributed by atoms with Gasteiger partial charge in [-0.2, -0.15) is 0 Å². The van der Waals surface area contributed by atoms with Gasteiger partial charge in [0.25, 0.3) is 0 Å². The van der Waals surface area contributed by atoms with Gasteiger partial charge in [0, 0.05) is 18.0 Å². The van der Waals surface area contributed by atoms with Gasteiger partial charge in [0.05, 0.1) is 0 Å². The summed E-state index contributed by atoms with van der Waals surface area (Å²) in [4.78, 5) is 4.34. The van der Waals surface area contributed by atoms with Crippen LogP contribution in [-0.4, -0.2) is 14.6 Å². The molecule has 0 aliphatic carbocycles. The molecule has 3 nitrogen and oxygen atoms in total. The van der Waals surface area contributed by atoms with Crippen molar-refractivity contribution >= 4 is 17.9 Å². The number of hydrogen-bond acceptors (Lipinski definition) is 2. The van der Waals surface area contributed by atoms with Crippen molar-refractivity contribution in [1.82, 2.24) is 14.6 Å². The van der Waals surface area contributed by atoms with Gasteiger partial charge >= 0.3 is 0 Å². The molecular weight excluding hydrogens is 218 g/mol. The largest absolute Gasteiger partial charge is 0.298 e. The third-order valence-corrected chi connectivity index (χ3v) is 2.83. The van der Waals surface area contributed by atoms with Crippen molar-refractivity contribution in [2.75, 3.05) is 0 Å². The molecule has 2 aromatic heterocycles. The summed E-state index contributed by atoms with van der Waals surface area (Å²) < 4.78 is 2.53. The van der Waals surface area contributed by atoms with Crippen LogP contribution in [0.15, 0.2) is 48.8 Å². The molecule has 16 heavy (non-hydrogen) atoms. The molecular formula is C12H9N3S. The summed E-state index contributed by atoms with van der Waals surface area (Å²) in [6, 6.07) is 11.9. The fourth-order valence-electron chi connectivity index (χ4n) is 1.75. The Bertz CT molecular complexity index is 682. The van der Waals surface area contributed by atoms with Gasteiger partial charge in [0.15, 0.2) is 5.65 Å². The Morgan fingerprint density at radius 1 is 1.12 bits per heavy atom. The molecule has 1 aromatic carbocycles. The fourth-order valence-corrected chi connectivity index (χ4v) is 1.95. The van der Waals surface area contributed by atoms with Crippen LogP contribution < -0.4 is 0 Å². The molecule has 4 heteroatoms. The number of nitrogens with one attached hydrogen (secondary N) is 1. The molecule has 0 unspecified atom stereocenters. The molecule has 3 aromatic rings. The van der Waals surface area contributed by atoms with Crippen LogP contribution in [0.1, 0.15) is 0 Å². The van der Waals surface area contributed by atoms with Crippen molar-refractivity contribution in [3.63, 3.8) is 0 Å². The van der Waals surface area contributed by atoms with Gasteiger partial charge in [-0.25, -0.2) is 9.50 Å². The topological polar surface area (TPSA) is 33.1 Å². The predicted octanol–water partition coefficient (Wildman–Crippen LogP) is 3.06. The van der Waals surface area contributed by atoms with E-state index in [1.165, 1.54) is 0 Å². The minimum Gasteiger partial charge on any atom is -0.298 e. The highest BCUT2D eigenvalue weighted by Crippen LogP contribution is 2.22. The minimum atomic E-state index is 0.729. The highest BCUT2D eigenvalue weighted by Gasteiger charge is 2.05. The number of fused-ring (bicyclic) bond motifs is 1. The van der Waals surface area contributed by atoms with Gasteiger partial charge in [-0.15, -0.1) is 0 Å². The van der Waals surface area contributed by atoms with Gasteiger partial charge < -0.3 is 0 Å². The van der Waals surface area contributed by atoms with Crippen LogP contribution in [-0.2, 0) is 0 Å². The van der Waals surface area contributed by atoms with Crippen LogP contribution in [0.4, 0.5) is 0 Å². The van der Waals surface area contributed by atoms with E-state index in [-0.39, 0.29) is 0 Å². The number of benzene rings is 1. The Hall–Kier alpha value is -1.94. The third-order valence-electron chi connectivity index (χ3n) is 2.51. The lowest BCUT2D eigenvalue weighted by molar-refractivity contribution is 0.925. The standard InChI is InChI=1S/C12H9N3S/c16-11-6-7-13-12-10(8-14-15(11)12)9-4-2-1-3-5-9/h1-8,14H. The fraction of sp³-hybridized carbons (Fsp3) is 0. The molecule has 2 heterocycles. The molecule has 0 atom stereocenters. The summed E-state index contributed by atoms with van der Waals surface area (Å²) in [6.45, 7) is 0. The third kappa shape index (κ3) is 1.35. The van der Waals surface area contributed by atoms with Crippen LogP contribution in [0.3, 0.4) is 0 Å². The predicted molar refractivity (Wildman–Crippen MR) is 65.8 cm³/mol. The van der Waals surface area contributed by atoms with E-state index in [1.54, 1.807) is 16.8 Å². The Morgan fingerprint density at radius 2 is 1.94 bits per heavy atom. The molecule has 78 valence electrons. The number of nitrogens with zero attached hydrogens (tertiary/aromatic N) is 2. The monoisotopic (exact) mass is 227 g/mol. The Labute approximate surface area is 97.4 Å². The molecule has 0 bridgehead atoms. The number of aromatic nitrogens is 3. The number of hydrogen-bond donors (Lipinski definition) is 1. The quantitative estimate of drug-likeness (QED) is 0.648. The molecule has 0 aliphatic heterocycles. The number of aromatic amines is 1. The van der Waals surface area contributed by atoms with Crippen molar-refractivity contribution < 1.29 is 0 Å². The zero-order chi connectivity index (χ0) is 11.0. The lowest BCUT2D eigenvalue weighted by Gasteiger charge is -1.97. The maximum absolute atomic E-state index is 5.21. The average Bonchev–Trinajstić information content (AvgIpc) is 2.75. The van der Waals surface area contributed by atoms with E-state index in [2.05, 4.69) is 22.2 Å². The van der Waals surface area contributed by atoms with E-state index in [4.69, 9.17) is 12.2 Å². The van der Waals surface area contributed by atoms with Crippen LogP contribution in [0.5, 0.6) is 0 Å². The zero-order valence-corrected chi connectivity index (χ0v) is 9.24. The lowest BCUT2D eigenvalue weighted by Crippen LogP contribution is -1.90. The summed E-state index contributed by atoms with van der Waals surface area (Å²) in [5, 5.41) is 3.10. The smallest absolute Gasteiger partial charge is 0.162 e. The van der Waals surface area contributed by atoms with Gasteiger partial charge in [-0.1, -0.05) is 42.5 Å². The Balaban J connectivity index is 2.34. The molecule has 3 rings (SSSR count). The summed E-state index contributed by atoms with van der Waals surface area (Å²) in [5.74, 6) is 0.